The number of ketones is 1. The maximum atomic E-state index is 12.9. The molecule has 0 heterocycles. The molecule has 0 aliphatic carbocycles. The molecule has 3 aromatic rings. The lowest BCUT2D eigenvalue weighted by molar-refractivity contribution is -0.115. The fourth-order valence-electron chi connectivity index (χ4n) is 2.45. The van der Waals surface area contributed by atoms with Crippen LogP contribution in [-0.2, 0) is 11.2 Å². The molecule has 1 N–H and O–H groups in total. The third-order valence-corrected chi connectivity index (χ3v) is 3.74. The van der Waals surface area contributed by atoms with E-state index in [2.05, 4.69) is 5.32 Å². The minimum absolute atomic E-state index is 0.0650. The van der Waals surface area contributed by atoms with E-state index in [1.807, 2.05) is 18.2 Å². The summed E-state index contributed by atoms with van der Waals surface area (Å²) in [6.45, 7) is 0. The van der Waals surface area contributed by atoms with Gasteiger partial charge in [-0.15, -0.1) is 0 Å². The lowest BCUT2D eigenvalue weighted by Crippen LogP contribution is -2.14. The Bertz CT molecular complexity index is 872. The van der Waals surface area contributed by atoms with Gasteiger partial charge in [-0.05, 0) is 42.0 Å². The normalized spacial score (nSPS) is 10.3. The van der Waals surface area contributed by atoms with Crippen LogP contribution in [0.4, 0.5) is 10.1 Å². The highest BCUT2D eigenvalue weighted by Crippen LogP contribution is 2.14. The molecule has 3 aromatic carbocycles. The predicted octanol–water partition coefficient (Wildman–Crippen LogP) is 4.24. The quantitative estimate of drug-likeness (QED) is 0.710. The van der Waals surface area contributed by atoms with Gasteiger partial charge in [-0.25, -0.2) is 4.39 Å². The van der Waals surface area contributed by atoms with Gasteiger partial charge in [0, 0.05) is 16.8 Å². The third kappa shape index (κ3) is 4.38. The topological polar surface area (TPSA) is 46.2 Å². The van der Waals surface area contributed by atoms with Crippen molar-refractivity contribution in [2.45, 2.75) is 6.42 Å². The van der Waals surface area contributed by atoms with E-state index >= 15 is 0 Å². The summed E-state index contributed by atoms with van der Waals surface area (Å²) >= 11 is 0. The smallest absolute Gasteiger partial charge is 0.228 e. The highest BCUT2D eigenvalue weighted by Gasteiger charge is 2.09. The lowest BCUT2D eigenvalue weighted by Gasteiger charge is -2.07. The van der Waals surface area contributed by atoms with Crippen LogP contribution >= 0.6 is 0 Å². The first kappa shape index (κ1) is 16.6. The van der Waals surface area contributed by atoms with Crippen molar-refractivity contribution < 1.29 is 14.0 Å². The second-order valence-corrected chi connectivity index (χ2v) is 5.62. The molecule has 1 amide bonds. The van der Waals surface area contributed by atoms with Gasteiger partial charge >= 0.3 is 0 Å². The molecule has 0 fully saturated rings. The minimum Gasteiger partial charge on any atom is -0.326 e. The van der Waals surface area contributed by atoms with Crippen LogP contribution in [0.25, 0.3) is 0 Å². The van der Waals surface area contributed by atoms with E-state index < -0.39 is 0 Å². The van der Waals surface area contributed by atoms with Gasteiger partial charge in [-0.1, -0.05) is 42.5 Å². The van der Waals surface area contributed by atoms with Crippen LogP contribution < -0.4 is 5.32 Å². The van der Waals surface area contributed by atoms with Crippen LogP contribution in [0.5, 0.6) is 0 Å². The molecule has 3 nitrogen and oxygen atoms in total. The Balaban J connectivity index is 1.63. The molecule has 0 radical (unpaired) electrons. The summed E-state index contributed by atoms with van der Waals surface area (Å²) in [4.78, 5) is 24.4. The molecule has 0 unspecified atom stereocenters. The zero-order valence-corrected chi connectivity index (χ0v) is 13.4. The van der Waals surface area contributed by atoms with E-state index in [4.69, 9.17) is 0 Å². The number of nitrogens with one attached hydrogen (secondary N) is 1. The van der Waals surface area contributed by atoms with Crippen molar-refractivity contribution in [2.24, 2.45) is 0 Å². The van der Waals surface area contributed by atoms with Crippen molar-refractivity contribution in [2.75, 3.05) is 5.32 Å². The number of halogens is 1. The second kappa shape index (κ2) is 7.53. The van der Waals surface area contributed by atoms with Gasteiger partial charge in [0.25, 0.3) is 0 Å². The zero-order chi connectivity index (χ0) is 17.6. The Labute approximate surface area is 145 Å². The Morgan fingerprint density at radius 3 is 2.00 bits per heavy atom. The third-order valence-electron chi connectivity index (χ3n) is 3.74. The number of carbonyl (C=O) groups excluding carboxylic acids is 2. The fraction of sp³-hybridized carbons (Fsp3) is 0.0476. The molecule has 0 aliphatic rings. The average molecular weight is 333 g/mol. The van der Waals surface area contributed by atoms with Crippen LogP contribution in [0.15, 0.2) is 78.9 Å². The maximum absolute atomic E-state index is 12.9. The molecule has 0 bridgehead atoms. The zero-order valence-electron chi connectivity index (χ0n) is 13.4. The highest BCUT2D eigenvalue weighted by molar-refractivity contribution is 6.09. The first-order chi connectivity index (χ1) is 12.1. The molecule has 25 heavy (non-hydrogen) atoms. The van der Waals surface area contributed by atoms with E-state index in [0.29, 0.717) is 16.8 Å². The summed E-state index contributed by atoms with van der Waals surface area (Å²) in [5.41, 5.74) is 2.52. The molecule has 0 spiro atoms. The Morgan fingerprint density at radius 1 is 0.760 bits per heavy atom. The summed E-state index contributed by atoms with van der Waals surface area (Å²) in [5.74, 6) is -0.596. The number of hydrogen-bond donors (Lipinski definition) is 1. The summed E-state index contributed by atoms with van der Waals surface area (Å²) in [6.07, 6.45) is 0.158. The Hall–Kier alpha value is -3.27. The van der Waals surface area contributed by atoms with Crippen molar-refractivity contribution in [3.05, 3.63) is 101 Å². The standard InChI is InChI=1S/C21H16FNO2/c22-18-10-6-15(7-11-18)14-20(24)23-19-12-8-17(9-13-19)21(25)16-4-2-1-3-5-16/h1-13H,14H2,(H,23,24). The molecule has 4 heteroatoms. The summed E-state index contributed by atoms with van der Waals surface area (Å²) < 4.78 is 12.9. The number of hydrogen-bond acceptors (Lipinski definition) is 2. The van der Waals surface area contributed by atoms with Crippen molar-refractivity contribution in [3.63, 3.8) is 0 Å². The number of carbonyl (C=O) groups is 2. The van der Waals surface area contributed by atoms with Crippen molar-refractivity contribution in [3.8, 4) is 0 Å². The molecule has 0 aliphatic heterocycles. The first-order valence-electron chi connectivity index (χ1n) is 7.86. The molecule has 0 saturated carbocycles. The Morgan fingerprint density at radius 2 is 1.36 bits per heavy atom. The van der Waals surface area contributed by atoms with Crippen LogP contribution in [0, 0.1) is 5.82 Å². The van der Waals surface area contributed by atoms with Crippen LogP contribution in [0.2, 0.25) is 0 Å². The van der Waals surface area contributed by atoms with Crippen LogP contribution in [0.1, 0.15) is 21.5 Å². The summed E-state index contributed by atoms with van der Waals surface area (Å²) in [7, 11) is 0. The number of rotatable bonds is 5. The monoisotopic (exact) mass is 333 g/mol. The van der Waals surface area contributed by atoms with E-state index in [1.165, 1.54) is 12.1 Å². The number of amides is 1. The largest absolute Gasteiger partial charge is 0.326 e. The molecule has 0 atom stereocenters. The Kier molecular flexibility index (Phi) is 5.00. The SMILES string of the molecule is O=C(Cc1ccc(F)cc1)Nc1ccc(C(=O)c2ccccc2)cc1. The highest BCUT2D eigenvalue weighted by atomic mass is 19.1. The molecule has 124 valence electrons. The van der Waals surface area contributed by atoms with Crippen molar-refractivity contribution in [1.82, 2.24) is 0 Å². The van der Waals surface area contributed by atoms with Gasteiger partial charge in [0.15, 0.2) is 5.78 Å². The van der Waals surface area contributed by atoms with Gasteiger partial charge < -0.3 is 5.32 Å². The van der Waals surface area contributed by atoms with Crippen LogP contribution in [0.3, 0.4) is 0 Å². The van der Waals surface area contributed by atoms with Crippen molar-refractivity contribution >= 4 is 17.4 Å². The van der Waals surface area contributed by atoms with Gasteiger partial charge in [0.05, 0.1) is 6.42 Å². The molecular formula is C21H16FNO2. The average Bonchev–Trinajstić information content (AvgIpc) is 2.64. The molecule has 0 saturated heterocycles. The molecule has 0 aromatic heterocycles. The lowest BCUT2D eigenvalue weighted by atomic mass is 10.0. The predicted molar refractivity (Wildman–Crippen MR) is 95.1 cm³/mol. The van der Waals surface area contributed by atoms with Gasteiger partial charge in [0.1, 0.15) is 5.82 Å². The second-order valence-electron chi connectivity index (χ2n) is 5.62. The molecule has 3 rings (SSSR count). The first-order valence-corrected chi connectivity index (χ1v) is 7.86. The summed E-state index contributed by atoms with van der Waals surface area (Å²) in [5, 5.41) is 2.77. The van der Waals surface area contributed by atoms with E-state index in [-0.39, 0.29) is 23.9 Å². The van der Waals surface area contributed by atoms with Gasteiger partial charge in [0.2, 0.25) is 5.91 Å². The molecular weight excluding hydrogens is 317 g/mol. The maximum Gasteiger partial charge on any atom is 0.228 e. The van der Waals surface area contributed by atoms with E-state index in [9.17, 15) is 14.0 Å². The van der Waals surface area contributed by atoms with E-state index in [1.54, 1.807) is 48.5 Å². The van der Waals surface area contributed by atoms with Gasteiger partial charge in [-0.2, -0.15) is 0 Å². The number of benzene rings is 3. The van der Waals surface area contributed by atoms with Gasteiger partial charge in [-0.3, -0.25) is 9.59 Å². The summed E-state index contributed by atoms with van der Waals surface area (Å²) in [6, 6.07) is 21.6. The van der Waals surface area contributed by atoms with Crippen molar-refractivity contribution in [1.29, 1.82) is 0 Å². The van der Waals surface area contributed by atoms with Crippen LogP contribution in [-0.4, -0.2) is 11.7 Å². The minimum atomic E-state index is -0.331. The number of anilines is 1. The fourth-order valence-corrected chi connectivity index (χ4v) is 2.45. The van der Waals surface area contributed by atoms with E-state index in [0.717, 1.165) is 5.56 Å².